The maximum atomic E-state index is 8.52. The Balaban J connectivity index is 0. The first-order valence-corrected chi connectivity index (χ1v) is 3.18. The monoisotopic (exact) mass is 144 g/mol. The van der Waals surface area contributed by atoms with Gasteiger partial charge >= 0.3 is 0 Å². The molecule has 0 aliphatic rings. The molecule has 0 aliphatic carbocycles. The quantitative estimate of drug-likeness (QED) is 0.534. The molecule has 2 nitrogen and oxygen atoms in total. The highest BCUT2D eigenvalue weighted by Crippen LogP contribution is 1.93. The minimum atomic E-state index is -0.500. The van der Waals surface area contributed by atoms with E-state index < -0.39 is 5.60 Å². The lowest BCUT2D eigenvalue weighted by Gasteiger charge is -2.04. The number of hydrogen-bond donors (Lipinski definition) is 2. The maximum absolute atomic E-state index is 8.52. The van der Waals surface area contributed by atoms with E-state index in [1.165, 1.54) is 0 Å². The predicted molar refractivity (Wildman–Crippen MR) is 42.5 cm³/mol. The van der Waals surface area contributed by atoms with E-state index in [0.29, 0.717) is 6.42 Å². The SMILES string of the molecule is C#CCCO.CC(C)(C)O. The number of aliphatic hydroxyl groups excluding tert-OH is 1. The van der Waals surface area contributed by atoms with Crippen LogP contribution in [0.25, 0.3) is 0 Å². The summed E-state index contributed by atoms with van der Waals surface area (Å²) in [6.45, 7) is 5.34. The van der Waals surface area contributed by atoms with E-state index in [-0.39, 0.29) is 6.61 Å². The van der Waals surface area contributed by atoms with Crippen LogP contribution >= 0.6 is 0 Å². The molecule has 2 heteroatoms. The highest BCUT2D eigenvalue weighted by atomic mass is 16.3. The molecule has 0 aromatic rings. The van der Waals surface area contributed by atoms with E-state index >= 15 is 0 Å². The van der Waals surface area contributed by atoms with Crippen LogP contribution in [0.4, 0.5) is 0 Å². The van der Waals surface area contributed by atoms with Crippen LogP contribution in [0, 0.1) is 12.3 Å². The molecule has 0 unspecified atom stereocenters. The number of terminal acetylenes is 1. The zero-order valence-corrected chi connectivity index (χ0v) is 6.89. The molecular formula is C8H16O2. The van der Waals surface area contributed by atoms with Crippen molar-refractivity contribution in [2.45, 2.75) is 32.8 Å². The average molecular weight is 144 g/mol. The topological polar surface area (TPSA) is 40.5 Å². The summed E-state index contributed by atoms with van der Waals surface area (Å²) >= 11 is 0. The van der Waals surface area contributed by atoms with Crippen molar-refractivity contribution in [3.05, 3.63) is 0 Å². The summed E-state index contributed by atoms with van der Waals surface area (Å²) in [5.41, 5.74) is -0.500. The van der Waals surface area contributed by atoms with Crippen LogP contribution in [0.5, 0.6) is 0 Å². The van der Waals surface area contributed by atoms with Gasteiger partial charge in [-0.05, 0) is 20.8 Å². The van der Waals surface area contributed by atoms with E-state index in [2.05, 4.69) is 5.92 Å². The number of rotatable bonds is 1. The van der Waals surface area contributed by atoms with E-state index in [0.717, 1.165) is 0 Å². The Hall–Kier alpha value is -0.520. The minimum Gasteiger partial charge on any atom is -0.395 e. The fraction of sp³-hybridized carbons (Fsp3) is 0.750. The van der Waals surface area contributed by atoms with Crippen molar-refractivity contribution >= 4 is 0 Å². The molecule has 10 heavy (non-hydrogen) atoms. The molecular weight excluding hydrogens is 128 g/mol. The first-order chi connectivity index (χ1) is 4.41. The highest BCUT2D eigenvalue weighted by Gasteiger charge is 1.97. The van der Waals surface area contributed by atoms with Gasteiger partial charge in [-0.3, -0.25) is 0 Å². The third-order valence-corrected chi connectivity index (χ3v) is 0.256. The number of hydrogen-bond acceptors (Lipinski definition) is 2. The molecule has 0 fully saturated rings. The molecule has 0 aromatic heterocycles. The van der Waals surface area contributed by atoms with Gasteiger partial charge in [0.05, 0.1) is 12.2 Å². The van der Waals surface area contributed by atoms with Gasteiger partial charge in [-0.2, -0.15) is 0 Å². The Morgan fingerprint density at radius 2 is 1.70 bits per heavy atom. The van der Waals surface area contributed by atoms with Crippen molar-refractivity contribution in [1.29, 1.82) is 0 Å². The molecule has 2 N–H and O–H groups in total. The normalized spacial score (nSPS) is 9.20. The molecule has 0 saturated heterocycles. The molecule has 0 atom stereocenters. The van der Waals surface area contributed by atoms with Crippen LogP contribution < -0.4 is 0 Å². The van der Waals surface area contributed by atoms with Crippen LogP contribution in [0.1, 0.15) is 27.2 Å². The lowest BCUT2D eigenvalue weighted by molar-refractivity contribution is 0.102. The lowest BCUT2D eigenvalue weighted by Crippen LogP contribution is -2.10. The third kappa shape index (κ3) is 143. The molecule has 0 aromatic carbocycles. The zero-order valence-electron chi connectivity index (χ0n) is 6.89. The predicted octanol–water partition coefficient (Wildman–Crippen LogP) is 0.779. The molecule has 0 spiro atoms. The second-order valence-electron chi connectivity index (χ2n) is 2.85. The Bertz CT molecular complexity index is 88.8. The lowest BCUT2D eigenvalue weighted by atomic mass is 10.2. The first kappa shape index (κ1) is 12.2. The standard InChI is InChI=1S/C4H10O.C4H6O/c1-4(2,3)5;1-2-3-4-5/h5H,1-3H3;1,5H,3-4H2. The van der Waals surface area contributed by atoms with Gasteiger partial charge in [0.15, 0.2) is 0 Å². The molecule has 0 heterocycles. The van der Waals surface area contributed by atoms with Crippen molar-refractivity contribution in [1.82, 2.24) is 0 Å². The van der Waals surface area contributed by atoms with Crippen molar-refractivity contribution in [3.8, 4) is 12.3 Å². The Labute approximate surface area is 62.9 Å². The van der Waals surface area contributed by atoms with Crippen LogP contribution in [0.3, 0.4) is 0 Å². The van der Waals surface area contributed by atoms with Gasteiger partial charge in [-0.25, -0.2) is 0 Å². The van der Waals surface area contributed by atoms with Crippen molar-refractivity contribution in [2.75, 3.05) is 6.61 Å². The van der Waals surface area contributed by atoms with Gasteiger partial charge in [0.25, 0.3) is 0 Å². The van der Waals surface area contributed by atoms with Gasteiger partial charge in [0.1, 0.15) is 0 Å². The second-order valence-corrected chi connectivity index (χ2v) is 2.85. The first-order valence-electron chi connectivity index (χ1n) is 3.18. The van der Waals surface area contributed by atoms with Crippen LogP contribution in [-0.4, -0.2) is 22.4 Å². The van der Waals surface area contributed by atoms with Crippen LogP contribution in [0.2, 0.25) is 0 Å². The Morgan fingerprint density at radius 1 is 1.40 bits per heavy atom. The Morgan fingerprint density at radius 3 is 1.70 bits per heavy atom. The molecule has 0 saturated carbocycles. The van der Waals surface area contributed by atoms with Gasteiger partial charge in [-0.15, -0.1) is 12.3 Å². The van der Waals surface area contributed by atoms with E-state index in [4.69, 9.17) is 16.6 Å². The van der Waals surface area contributed by atoms with E-state index in [1.807, 2.05) is 0 Å². The highest BCUT2D eigenvalue weighted by molar-refractivity contribution is 4.82. The average Bonchev–Trinajstić information content (AvgIpc) is 1.63. The fourth-order valence-electron chi connectivity index (χ4n) is 0.0645. The van der Waals surface area contributed by atoms with Crippen molar-refractivity contribution in [2.24, 2.45) is 0 Å². The van der Waals surface area contributed by atoms with Gasteiger partial charge in [0.2, 0.25) is 0 Å². The van der Waals surface area contributed by atoms with E-state index in [9.17, 15) is 0 Å². The van der Waals surface area contributed by atoms with Crippen molar-refractivity contribution < 1.29 is 10.2 Å². The van der Waals surface area contributed by atoms with Crippen LogP contribution in [-0.2, 0) is 0 Å². The molecule has 0 radical (unpaired) electrons. The van der Waals surface area contributed by atoms with Gasteiger partial charge < -0.3 is 10.2 Å². The summed E-state index contributed by atoms with van der Waals surface area (Å²) in [5, 5.41) is 16.4. The zero-order chi connectivity index (χ0) is 8.62. The summed E-state index contributed by atoms with van der Waals surface area (Å²) in [6.07, 6.45) is 5.20. The summed E-state index contributed by atoms with van der Waals surface area (Å²) < 4.78 is 0. The molecule has 0 bridgehead atoms. The Kier molecular flexibility index (Phi) is 8.04. The molecule has 60 valence electrons. The smallest absolute Gasteiger partial charge is 0.0563 e. The fourth-order valence-corrected chi connectivity index (χ4v) is 0.0645. The maximum Gasteiger partial charge on any atom is 0.0563 e. The summed E-state index contributed by atoms with van der Waals surface area (Å²) in [4.78, 5) is 0. The van der Waals surface area contributed by atoms with Crippen molar-refractivity contribution in [3.63, 3.8) is 0 Å². The molecule has 0 rings (SSSR count). The van der Waals surface area contributed by atoms with Gasteiger partial charge in [0, 0.05) is 6.42 Å². The second kappa shape index (κ2) is 6.60. The van der Waals surface area contributed by atoms with Crippen LogP contribution in [0.15, 0.2) is 0 Å². The van der Waals surface area contributed by atoms with E-state index in [1.54, 1.807) is 20.8 Å². The summed E-state index contributed by atoms with van der Waals surface area (Å²) in [6, 6.07) is 0. The summed E-state index contributed by atoms with van der Waals surface area (Å²) in [7, 11) is 0. The number of aliphatic hydroxyl groups is 2. The van der Waals surface area contributed by atoms with Gasteiger partial charge in [-0.1, -0.05) is 0 Å². The third-order valence-electron chi connectivity index (χ3n) is 0.256. The summed E-state index contributed by atoms with van der Waals surface area (Å²) in [5.74, 6) is 2.27. The largest absolute Gasteiger partial charge is 0.395 e. The molecule has 0 amide bonds. The molecule has 0 aliphatic heterocycles. The minimum absolute atomic E-state index is 0.108.